The smallest absolute Gasteiger partial charge is 0.306 e. The Morgan fingerprint density at radius 1 is 0.806 bits per heavy atom. The monoisotopic (exact) mass is 518 g/mol. The second-order valence-corrected chi connectivity index (χ2v) is 8.16. The maximum atomic E-state index is 11.0. The van der Waals surface area contributed by atoms with Crippen LogP contribution in [0.3, 0.4) is 0 Å². The van der Waals surface area contributed by atoms with Gasteiger partial charge in [-0.25, -0.2) is 0 Å². The number of hydrogen-bond acceptors (Lipinski definition) is 13. The minimum atomic E-state index is -1.74. The number of aliphatic hydroxyl groups excluding tert-OH is 7. The van der Waals surface area contributed by atoms with Crippen molar-refractivity contribution in [1.29, 1.82) is 0 Å². The Balaban J connectivity index is 1.93. The third kappa shape index (κ3) is 8.34. The van der Waals surface area contributed by atoms with Gasteiger partial charge < -0.3 is 59.4 Å². The van der Waals surface area contributed by atoms with Gasteiger partial charge in [-0.05, 0) is 18.3 Å². The zero-order valence-electron chi connectivity index (χ0n) is 19.8. The number of esters is 1. The van der Waals surface area contributed by atoms with Gasteiger partial charge in [0, 0.05) is 12.8 Å². The van der Waals surface area contributed by atoms with Gasteiger partial charge in [-0.15, -0.1) is 0 Å². The minimum absolute atomic E-state index is 0.0740. The lowest BCUT2D eigenvalue weighted by atomic mass is 9.97. The van der Waals surface area contributed by atoms with Gasteiger partial charge in [-0.3, -0.25) is 4.79 Å². The quantitative estimate of drug-likeness (QED) is 0.0848. The van der Waals surface area contributed by atoms with Gasteiger partial charge in [0.15, 0.2) is 12.6 Å². The maximum absolute atomic E-state index is 11.0. The third-order valence-electron chi connectivity index (χ3n) is 5.61. The Labute approximate surface area is 208 Å². The predicted molar refractivity (Wildman–Crippen MR) is 118 cm³/mol. The number of carbonyl (C=O) groups is 1. The van der Waals surface area contributed by atoms with Crippen LogP contribution in [0.4, 0.5) is 0 Å². The molecule has 0 saturated carbocycles. The van der Waals surface area contributed by atoms with Crippen LogP contribution >= 0.6 is 0 Å². The van der Waals surface area contributed by atoms with E-state index in [1.54, 1.807) is 0 Å². The van der Waals surface area contributed by atoms with E-state index in [1.165, 1.54) is 7.11 Å². The van der Waals surface area contributed by atoms with Crippen LogP contribution in [0.5, 0.6) is 0 Å². The third-order valence-corrected chi connectivity index (χ3v) is 5.61. The lowest BCUT2D eigenvalue weighted by Gasteiger charge is -2.45. The molecule has 7 N–H and O–H groups in total. The van der Waals surface area contributed by atoms with E-state index in [0.29, 0.717) is 19.3 Å². The first-order valence-corrected chi connectivity index (χ1v) is 11.5. The summed E-state index contributed by atoms with van der Waals surface area (Å²) < 4.78 is 26.5. The lowest BCUT2D eigenvalue weighted by Crippen LogP contribution is -2.64. The molecular formula is C23H34O13. The van der Waals surface area contributed by atoms with Crippen LogP contribution in [-0.2, 0) is 28.5 Å². The fourth-order valence-corrected chi connectivity index (χ4v) is 3.51. The van der Waals surface area contributed by atoms with Crippen molar-refractivity contribution in [3.8, 4) is 23.7 Å². The molecule has 2 heterocycles. The maximum Gasteiger partial charge on any atom is 0.306 e. The molecule has 2 rings (SSSR count). The fraction of sp³-hybridized carbons (Fsp3) is 0.783. The van der Waals surface area contributed by atoms with Crippen molar-refractivity contribution >= 4 is 5.97 Å². The Hall–Kier alpha value is -1.85. The first-order chi connectivity index (χ1) is 17.2. The van der Waals surface area contributed by atoms with Crippen molar-refractivity contribution < 1.29 is 64.2 Å². The van der Waals surface area contributed by atoms with Crippen molar-refractivity contribution in [2.24, 2.45) is 0 Å². The number of methoxy groups -OCH3 is 1. The topological polar surface area (TPSA) is 205 Å². The molecule has 0 aliphatic carbocycles. The molecule has 0 spiro atoms. The van der Waals surface area contributed by atoms with Crippen molar-refractivity contribution in [1.82, 2.24) is 0 Å². The van der Waals surface area contributed by atoms with E-state index in [0.717, 1.165) is 0 Å². The summed E-state index contributed by atoms with van der Waals surface area (Å²) in [6.45, 7) is -1.23. The van der Waals surface area contributed by atoms with E-state index >= 15 is 0 Å². The molecule has 13 heteroatoms. The summed E-state index contributed by atoms with van der Waals surface area (Å²) in [5, 5.41) is 69.7. The summed E-state index contributed by atoms with van der Waals surface area (Å²) >= 11 is 0. The molecule has 204 valence electrons. The Kier molecular flexibility index (Phi) is 13.0. The average molecular weight is 519 g/mol. The van der Waals surface area contributed by atoms with E-state index in [4.69, 9.17) is 18.9 Å². The summed E-state index contributed by atoms with van der Waals surface area (Å²) in [6.07, 6.45) is -13.7. The highest BCUT2D eigenvalue weighted by Gasteiger charge is 2.50. The summed E-state index contributed by atoms with van der Waals surface area (Å²) in [7, 11) is 1.30. The second-order valence-electron chi connectivity index (χ2n) is 8.16. The van der Waals surface area contributed by atoms with Crippen molar-refractivity contribution in [2.75, 3.05) is 26.9 Å². The highest BCUT2D eigenvalue weighted by Crippen LogP contribution is 2.29. The molecule has 0 aromatic rings. The average Bonchev–Trinajstić information content (AvgIpc) is 2.88. The molecule has 2 aliphatic rings. The highest BCUT2D eigenvalue weighted by molar-refractivity contribution is 5.69. The number of aliphatic hydroxyl groups is 7. The van der Waals surface area contributed by atoms with Gasteiger partial charge in [-0.2, -0.15) is 0 Å². The molecule has 0 aromatic carbocycles. The van der Waals surface area contributed by atoms with Crippen molar-refractivity contribution in [3.63, 3.8) is 0 Å². The summed E-state index contributed by atoms with van der Waals surface area (Å²) in [4.78, 5) is 11.0. The summed E-state index contributed by atoms with van der Waals surface area (Å²) in [6, 6.07) is 0. The van der Waals surface area contributed by atoms with E-state index in [-0.39, 0.29) is 19.0 Å². The van der Waals surface area contributed by atoms with Gasteiger partial charge in [0.2, 0.25) is 0 Å². The lowest BCUT2D eigenvalue weighted by molar-refractivity contribution is -0.367. The van der Waals surface area contributed by atoms with Crippen LogP contribution in [0.25, 0.3) is 0 Å². The van der Waals surface area contributed by atoms with Crippen LogP contribution < -0.4 is 0 Å². The SMILES string of the molecule is COC(=O)CCC#CC#CCCCO[C@@H]1O[C@H](CO)[C@@H](O)[C@H](O)[C@H]1O[C@@H]1O[C@H](CO)[C@@H](O)[C@H](O)[C@H]1O. The normalized spacial score (nSPS) is 36.2. The van der Waals surface area contributed by atoms with Crippen LogP contribution in [0.15, 0.2) is 0 Å². The fourth-order valence-electron chi connectivity index (χ4n) is 3.51. The Bertz CT molecular complexity index is 797. The molecule has 10 atom stereocenters. The summed E-state index contributed by atoms with van der Waals surface area (Å²) in [5.74, 6) is 10.4. The Morgan fingerprint density at radius 2 is 1.39 bits per heavy atom. The van der Waals surface area contributed by atoms with Crippen LogP contribution in [0.1, 0.15) is 25.7 Å². The molecule has 0 radical (unpaired) electrons. The predicted octanol–water partition coefficient (Wildman–Crippen LogP) is -3.63. The standard InChI is InChI=1S/C23H34O13/c1-32-15(26)9-7-5-3-2-4-6-8-10-33-23-21(19(30)17(28)14(12-25)35-23)36-22-20(31)18(29)16(27)13(11-24)34-22/h13-14,16-25,27-31H,6-12H2,1H3/t13-,14-,16-,17-,18+,19+,20-,21-,22+,23-/m1/s1. The van der Waals surface area contributed by atoms with Gasteiger partial charge in [-0.1, -0.05) is 11.8 Å². The van der Waals surface area contributed by atoms with Crippen LogP contribution in [0, 0.1) is 23.7 Å². The largest absolute Gasteiger partial charge is 0.469 e. The zero-order chi connectivity index (χ0) is 26.7. The zero-order valence-corrected chi connectivity index (χ0v) is 19.8. The first kappa shape index (κ1) is 30.4. The molecule has 2 fully saturated rings. The van der Waals surface area contributed by atoms with E-state index < -0.39 is 74.6 Å². The molecule has 13 nitrogen and oxygen atoms in total. The van der Waals surface area contributed by atoms with Gasteiger partial charge in [0.1, 0.15) is 48.8 Å². The van der Waals surface area contributed by atoms with E-state index in [9.17, 15) is 40.5 Å². The Morgan fingerprint density at radius 3 is 2.00 bits per heavy atom. The number of rotatable bonds is 10. The van der Waals surface area contributed by atoms with Crippen LogP contribution in [0.2, 0.25) is 0 Å². The second kappa shape index (κ2) is 15.4. The number of ether oxygens (including phenoxy) is 5. The van der Waals surface area contributed by atoms with E-state index in [1.807, 2.05) is 0 Å². The molecule has 36 heavy (non-hydrogen) atoms. The molecular weight excluding hydrogens is 484 g/mol. The first-order valence-electron chi connectivity index (χ1n) is 11.5. The van der Waals surface area contributed by atoms with Gasteiger partial charge >= 0.3 is 5.97 Å². The number of hydrogen-bond donors (Lipinski definition) is 7. The van der Waals surface area contributed by atoms with Gasteiger partial charge in [0.25, 0.3) is 0 Å². The van der Waals surface area contributed by atoms with Crippen LogP contribution in [-0.4, -0.2) is 130 Å². The van der Waals surface area contributed by atoms with Crippen molar-refractivity contribution in [3.05, 3.63) is 0 Å². The number of unbranched alkanes of at least 4 members (excludes halogenated alkanes) is 1. The molecule has 0 unspecified atom stereocenters. The molecule has 2 saturated heterocycles. The number of carbonyl (C=O) groups excluding carboxylic acids is 1. The summed E-state index contributed by atoms with van der Waals surface area (Å²) in [5.41, 5.74) is 0. The van der Waals surface area contributed by atoms with Crippen molar-refractivity contribution in [2.45, 2.75) is 87.1 Å². The highest BCUT2D eigenvalue weighted by atomic mass is 16.8. The van der Waals surface area contributed by atoms with E-state index in [2.05, 4.69) is 28.4 Å². The molecule has 0 aromatic heterocycles. The minimum Gasteiger partial charge on any atom is -0.469 e. The molecule has 0 bridgehead atoms. The van der Waals surface area contributed by atoms with Gasteiger partial charge in [0.05, 0.1) is 33.4 Å². The molecule has 2 aliphatic heterocycles. The molecule has 0 amide bonds.